The maximum atomic E-state index is 12.3. The van der Waals surface area contributed by atoms with Gasteiger partial charge in [0.2, 0.25) is 5.91 Å². The lowest BCUT2D eigenvalue weighted by molar-refractivity contribution is -0.384. The lowest BCUT2D eigenvalue weighted by Crippen LogP contribution is -2.21. The topological polar surface area (TPSA) is 132 Å². The number of rotatable bonds is 5. The van der Waals surface area contributed by atoms with E-state index in [4.69, 9.17) is 4.42 Å². The maximum Gasteiger partial charge on any atom is 0.346 e. The van der Waals surface area contributed by atoms with E-state index in [0.717, 1.165) is 11.8 Å². The maximum absolute atomic E-state index is 12.3. The van der Waals surface area contributed by atoms with Gasteiger partial charge < -0.3 is 9.73 Å². The SMILES string of the molecule is O=C(C[C@H]1SC(c2cc3ccccc3oc2=O)=NC1=O)Nc1cccc([N+](=O)[O-])c1. The Morgan fingerprint density at radius 3 is 2.77 bits per heavy atom. The fourth-order valence-corrected chi connectivity index (χ4v) is 3.99. The molecule has 1 N–H and O–H groups in total. The van der Waals surface area contributed by atoms with Gasteiger partial charge in [-0.2, -0.15) is 0 Å². The van der Waals surface area contributed by atoms with Gasteiger partial charge in [-0.1, -0.05) is 36.0 Å². The molecule has 30 heavy (non-hydrogen) atoms. The first-order valence-corrected chi connectivity index (χ1v) is 9.65. The highest BCUT2D eigenvalue weighted by Gasteiger charge is 2.32. The molecule has 0 aliphatic carbocycles. The number of carbonyl (C=O) groups is 2. The molecule has 2 amide bonds. The number of fused-ring (bicyclic) bond motifs is 1. The first kappa shape index (κ1) is 19.5. The highest BCUT2D eigenvalue weighted by Crippen LogP contribution is 2.29. The predicted molar refractivity (Wildman–Crippen MR) is 112 cm³/mol. The van der Waals surface area contributed by atoms with Crippen LogP contribution in [0.5, 0.6) is 0 Å². The molecule has 2 aromatic carbocycles. The molecule has 0 unspecified atom stereocenters. The van der Waals surface area contributed by atoms with Crippen molar-refractivity contribution in [2.75, 3.05) is 5.32 Å². The summed E-state index contributed by atoms with van der Waals surface area (Å²) in [5.74, 6) is -1.03. The van der Waals surface area contributed by atoms with Gasteiger partial charge >= 0.3 is 5.63 Å². The molecule has 1 aliphatic rings. The van der Waals surface area contributed by atoms with Gasteiger partial charge in [0.05, 0.1) is 10.5 Å². The summed E-state index contributed by atoms with van der Waals surface area (Å²) >= 11 is 1.01. The predicted octanol–water partition coefficient (Wildman–Crippen LogP) is 3.12. The number of nitrogens with zero attached hydrogens (tertiary/aromatic N) is 2. The second-order valence-corrected chi connectivity index (χ2v) is 7.60. The van der Waals surface area contributed by atoms with Crippen LogP contribution in [0.4, 0.5) is 11.4 Å². The lowest BCUT2D eigenvalue weighted by Gasteiger charge is -2.08. The van der Waals surface area contributed by atoms with Crippen molar-refractivity contribution in [1.82, 2.24) is 0 Å². The third-order valence-electron chi connectivity index (χ3n) is 4.32. The minimum Gasteiger partial charge on any atom is -0.422 e. The minimum atomic E-state index is -0.801. The van der Waals surface area contributed by atoms with Crippen LogP contribution in [0, 0.1) is 10.1 Å². The Bertz CT molecular complexity index is 1280. The van der Waals surface area contributed by atoms with Crippen LogP contribution < -0.4 is 10.9 Å². The quantitative estimate of drug-likeness (QED) is 0.379. The van der Waals surface area contributed by atoms with Crippen LogP contribution in [0.2, 0.25) is 0 Å². The van der Waals surface area contributed by atoms with E-state index in [1.54, 1.807) is 30.3 Å². The second-order valence-electron chi connectivity index (χ2n) is 6.41. The molecule has 10 heteroatoms. The first-order valence-electron chi connectivity index (χ1n) is 8.77. The number of hydrogen-bond acceptors (Lipinski definition) is 7. The van der Waals surface area contributed by atoms with Gasteiger partial charge in [0, 0.05) is 29.6 Å². The third kappa shape index (κ3) is 3.98. The number of para-hydroxylation sites is 1. The zero-order valence-electron chi connectivity index (χ0n) is 15.2. The highest BCUT2D eigenvalue weighted by molar-refractivity contribution is 8.16. The smallest absolute Gasteiger partial charge is 0.346 e. The van der Waals surface area contributed by atoms with Gasteiger partial charge in [-0.3, -0.25) is 19.7 Å². The van der Waals surface area contributed by atoms with Crippen molar-refractivity contribution in [3.05, 3.63) is 80.7 Å². The number of nitro benzene ring substituents is 1. The van der Waals surface area contributed by atoms with Crippen LogP contribution in [0.1, 0.15) is 12.0 Å². The molecular formula is C20H13N3O6S. The molecule has 0 saturated heterocycles. The number of hydrogen-bond donors (Lipinski definition) is 1. The van der Waals surface area contributed by atoms with Crippen LogP contribution in [-0.4, -0.2) is 27.0 Å². The Labute approximate surface area is 172 Å². The van der Waals surface area contributed by atoms with Gasteiger partial charge in [0.1, 0.15) is 15.9 Å². The molecule has 0 saturated carbocycles. The van der Waals surface area contributed by atoms with E-state index in [1.807, 2.05) is 0 Å². The van der Waals surface area contributed by atoms with Crippen molar-refractivity contribution >= 4 is 51.0 Å². The summed E-state index contributed by atoms with van der Waals surface area (Å²) < 4.78 is 5.27. The van der Waals surface area contributed by atoms with Gasteiger partial charge in [0.15, 0.2) is 0 Å². The second kappa shape index (κ2) is 7.91. The summed E-state index contributed by atoms with van der Waals surface area (Å²) in [4.78, 5) is 51.0. The van der Waals surface area contributed by atoms with Crippen molar-refractivity contribution in [2.24, 2.45) is 4.99 Å². The Balaban J connectivity index is 1.47. The molecule has 150 valence electrons. The fraction of sp³-hybridized carbons (Fsp3) is 0.100. The normalized spacial score (nSPS) is 15.8. The monoisotopic (exact) mass is 423 g/mol. The van der Waals surface area contributed by atoms with E-state index in [0.29, 0.717) is 11.0 Å². The van der Waals surface area contributed by atoms with Crippen LogP contribution in [0.25, 0.3) is 11.0 Å². The zero-order valence-corrected chi connectivity index (χ0v) is 16.0. The number of amides is 2. The number of benzene rings is 2. The van der Waals surface area contributed by atoms with Crippen molar-refractivity contribution in [3.8, 4) is 0 Å². The van der Waals surface area contributed by atoms with Crippen LogP contribution >= 0.6 is 11.8 Å². The van der Waals surface area contributed by atoms with Crippen molar-refractivity contribution in [2.45, 2.75) is 11.7 Å². The molecule has 1 aromatic heterocycles. The summed E-state index contributed by atoms with van der Waals surface area (Å²) in [5, 5.41) is 13.5. The number of non-ortho nitro benzene ring substituents is 1. The summed E-state index contributed by atoms with van der Waals surface area (Å²) in [6.45, 7) is 0. The van der Waals surface area contributed by atoms with E-state index in [2.05, 4.69) is 10.3 Å². The zero-order chi connectivity index (χ0) is 21.3. The van der Waals surface area contributed by atoms with Gasteiger partial charge in [0.25, 0.3) is 11.6 Å². The Kier molecular flexibility index (Phi) is 5.15. The molecule has 1 atom stereocenters. The lowest BCUT2D eigenvalue weighted by atomic mass is 10.2. The molecule has 9 nitrogen and oxygen atoms in total. The fourth-order valence-electron chi connectivity index (χ4n) is 2.92. The number of carbonyl (C=O) groups excluding carboxylic acids is 2. The molecular weight excluding hydrogens is 410 g/mol. The Hall–Kier alpha value is -3.79. The summed E-state index contributed by atoms with van der Waals surface area (Å²) in [6.07, 6.45) is -0.196. The number of aliphatic imine (C=N–C) groups is 1. The molecule has 0 bridgehead atoms. The Morgan fingerprint density at radius 2 is 1.97 bits per heavy atom. The van der Waals surface area contributed by atoms with Crippen LogP contribution in [0.3, 0.4) is 0 Å². The van der Waals surface area contributed by atoms with Gasteiger partial charge in [-0.05, 0) is 18.2 Å². The average molecular weight is 423 g/mol. The van der Waals surface area contributed by atoms with Crippen molar-refractivity contribution in [3.63, 3.8) is 0 Å². The highest BCUT2D eigenvalue weighted by atomic mass is 32.2. The van der Waals surface area contributed by atoms with E-state index in [9.17, 15) is 24.5 Å². The van der Waals surface area contributed by atoms with Crippen molar-refractivity contribution in [1.29, 1.82) is 0 Å². The van der Waals surface area contributed by atoms with Crippen LogP contribution in [0.15, 0.2) is 68.8 Å². The standard InChI is InChI=1S/C20H13N3O6S/c24-17(21-12-5-3-6-13(9-12)23(27)28)10-16-18(25)22-19(30-16)14-8-11-4-1-2-7-15(11)29-20(14)26/h1-9,16H,10H2,(H,21,24)/t16-/m1/s1. The largest absolute Gasteiger partial charge is 0.422 e. The van der Waals surface area contributed by atoms with E-state index < -0.39 is 27.6 Å². The summed E-state index contributed by atoms with van der Waals surface area (Å²) in [6, 6.07) is 14.1. The molecule has 0 radical (unpaired) electrons. The summed E-state index contributed by atoms with van der Waals surface area (Å²) in [5.41, 5.74) is 0.0610. The molecule has 0 spiro atoms. The molecule has 4 rings (SSSR count). The average Bonchev–Trinajstić information content (AvgIpc) is 3.07. The third-order valence-corrected chi connectivity index (χ3v) is 5.51. The van der Waals surface area contributed by atoms with Gasteiger partial charge in [-0.15, -0.1) is 0 Å². The van der Waals surface area contributed by atoms with E-state index in [-0.39, 0.29) is 28.4 Å². The van der Waals surface area contributed by atoms with Crippen molar-refractivity contribution < 1.29 is 18.9 Å². The molecule has 0 fully saturated rings. The Morgan fingerprint density at radius 1 is 1.17 bits per heavy atom. The summed E-state index contributed by atoms with van der Waals surface area (Å²) in [7, 11) is 0. The minimum absolute atomic E-state index is 0.159. The van der Waals surface area contributed by atoms with E-state index in [1.165, 1.54) is 24.3 Å². The van der Waals surface area contributed by atoms with E-state index >= 15 is 0 Å². The number of anilines is 1. The number of nitro groups is 1. The van der Waals surface area contributed by atoms with Crippen LogP contribution in [-0.2, 0) is 9.59 Å². The molecule has 2 heterocycles. The number of thioether (sulfide) groups is 1. The number of nitrogens with one attached hydrogen (secondary N) is 1. The first-order chi connectivity index (χ1) is 14.4. The molecule has 3 aromatic rings. The van der Waals surface area contributed by atoms with Gasteiger partial charge in [-0.25, -0.2) is 9.79 Å². The molecule has 1 aliphatic heterocycles.